The molecule has 0 aromatic rings. The highest BCUT2D eigenvalue weighted by atomic mass is 16.6. The predicted molar refractivity (Wildman–Crippen MR) is 60.0 cm³/mol. The van der Waals surface area contributed by atoms with Crippen LogP contribution in [0.5, 0.6) is 0 Å². The summed E-state index contributed by atoms with van der Waals surface area (Å²) in [6.45, 7) is 7.44. The lowest BCUT2D eigenvalue weighted by atomic mass is 10.6. The number of carbonyl (C=O) groups is 4. The van der Waals surface area contributed by atoms with Gasteiger partial charge in [0.2, 0.25) is 0 Å². The maximum atomic E-state index is 9.92. The molecular formula is C11H12O7. The van der Waals surface area contributed by atoms with Crippen molar-refractivity contribution in [3.8, 4) is 0 Å². The van der Waals surface area contributed by atoms with Gasteiger partial charge in [-0.05, 0) is 0 Å². The fourth-order valence-corrected chi connectivity index (χ4v) is 0.421. The molecule has 1 aliphatic rings. The first kappa shape index (κ1) is 17.7. The Bertz CT molecular complexity index is 363. The van der Waals surface area contributed by atoms with Gasteiger partial charge in [-0.15, -0.1) is 0 Å². The Morgan fingerprint density at radius 1 is 1.28 bits per heavy atom. The van der Waals surface area contributed by atoms with Crippen LogP contribution in [0.15, 0.2) is 37.6 Å². The minimum Gasteiger partial charge on any atom is -0.478 e. The van der Waals surface area contributed by atoms with Crippen LogP contribution in [-0.2, 0) is 28.7 Å². The van der Waals surface area contributed by atoms with Crippen molar-refractivity contribution in [3.63, 3.8) is 0 Å². The van der Waals surface area contributed by atoms with Gasteiger partial charge in [0.25, 0.3) is 0 Å². The van der Waals surface area contributed by atoms with Crippen molar-refractivity contribution in [1.82, 2.24) is 0 Å². The Hall–Kier alpha value is -2.70. The van der Waals surface area contributed by atoms with E-state index >= 15 is 0 Å². The summed E-state index contributed by atoms with van der Waals surface area (Å²) in [6.07, 6.45) is 4.10. The number of aliphatic carboxylic acids is 1. The van der Waals surface area contributed by atoms with Crippen molar-refractivity contribution in [2.24, 2.45) is 0 Å². The normalized spacial score (nSPS) is 10.9. The quantitative estimate of drug-likeness (QED) is 0.333. The standard InChI is InChI=1S/C4H2O3.C4H6O2.C3H4O2/c5-3-1-2-4(6)7-3;1-3-6-4(2)5;1-2-3(4)5/h1-2H;3H,1H2,2H3;2H,1H2,(H,4,5). The number of carbonyl (C=O) groups excluding carboxylic acids is 3. The lowest BCUT2D eigenvalue weighted by molar-refractivity contribution is -0.150. The second-order valence-electron chi connectivity index (χ2n) is 2.39. The first-order valence-electron chi connectivity index (χ1n) is 4.40. The van der Waals surface area contributed by atoms with Crippen molar-refractivity contribution in [1.29, 1.82) is 0 Å². The minimum atomic E-state index is -0.981. The molecule has 0 aromatic carbocycles. The van der Waals surface area contributed by atoms with E-state index < -0.39 is 17.9 Å². The molecule has 0 unspecified atom stereocenters. The molecule has 0 atom stereocenters. The molecule has 1 heterocycles. The number of hydrogen-bond acceptors (Lipinski definition) is 6. The fraction of sp³-hybridized carbons (Fsp3) is 0.0909. The molecular weight excluding hydrogens is 244 g/mol. The third-order valence-corrected chi connectivity index (χ3v) is 0.981. The molecule has 0 saturated heterocycles. The predicted octanol–water partition coefficient (Wildman–Crippen LogP) is 0.576. The number of carboxylic acid groups (broad SMARTS) is 1. The van der Waals surface area contributed by atoms with Crippen LogP contribution in [0.4, 0.5) is 0 Å². The Labute approximate surface area is 103 Å². The second kappa shape index (κ2) is 10.8. The molecule has 7 heteroatoms. The molecule has 18 heavy (non-hydrogen) atoms. The molecule has 0 aliphatic carbocycles. The van der Waals surface area contributed by atoms with Gasteiger partial charge in [0.05, 0.1) is 6.26 Å². The molecule has 0 spiro atoms. The molecule has 0 radical (unpaired) electrons. The molecule has 1 aliphatic heterocycles. The third kappa shape index (κ3) is 15.8. The van der Waals surface area contributed by atoms with Gasteiger partial charge in [-0.1, -0.05) is 13.2 Å². The van der Waals surface area contributed by atoms with Gasteiger partial charge in [0.1, 0.15) is 0 Å². The summed E-state index contributed by atoms with van der Waals surface area (Å²) >= 11 is 0. The minimum absolute atomic E-state index is 0.329. The largest absolute Gasteiger partial charge is 0.478 e. The van der Waals surface area contributed by atoms with Crippen molar-refractivity contribution >= 4 is 23.9 Å². The smallest absolute Gasteiger partial charge is 0.338 e. The highest BCUT2D eigenvalue weighted by Crippen LogP contribution is 1.92. The topological polar surface area (TPSA) is 107 Å². The van der Waals surface area contributed by atoms with Gasteiger partial charge in [-0.25, -0.2) is 14.4 Å². The van der Waals surface area contributed by atoms with Crippen LogP contribution in [0.25, 0.3) is 0 Å². The van der Waals surface area contributed by atoms with E-state index in [2.05, 4.69) is 22.6 Å². The molecule has 0 aromatic heterocycles. The van der Waals surface area contributed by atoms with Gasteiger partial charge < -0.3 is 14.6 Å². The van der Waals surface area contributed by atoms with E-state index in [4.69, 9.17) is 5.11 Å². The maximum Gasteiger partial charge on any atom is 0.338 e. The maximum absolute atomic E-state index is 9.92. The number of rotatable bonds is 2. The Kier molecular flexibility index (Phi) is 10.6. The first-order chi connectivity index (χ1) is 8.33. The van der Waals surface area contributed by atoms with Gasteiger partial charge in [0, 0.05) is 25.2 Å². The monoisotopic (exact) mass is 256 g/mol. The number of esters is 3. The van der Waals surface area contributed by atoms with Gasteiger partial charge in [0.15, 0.2) is 0 Å². The first-order valence-corrected chi connectivity index (χ1v) is 4.40. The number of ether oxygens (including phenoxy) is 2. The summed E-state index contributed by atoms with van der Waals surface area (Å²) in [6, 6.07) is 0. The molecule has 98 valence electrons. The van der Waals surface area contributed by atoms with E-state index in [1.54, 1.807) is 0 Å². The number of hydrogen-bond donors (Lipinski definition) is 1. The van der Waals surface area contributed by atoms with Crippen LogP contribution < -0.4 is 0 Å². The average Bonchev–Trinajstić information content (AvgIpc) is 2.64. The van der Waals surface area contributed by atoms with E-state index in [-0.39, 0.29) is 5.97 Å². The SMILES string of the molecule is C=CC(=O)O.C=COC(C)=O.O=C1C=CC(=O)O1. The van der Waals surface area contributed by atoms with Gasteiger partial charge in [-0.3, -0.25) is 4.79 Å². The van der Waals surface area contributed by atoms with Crippen LogP contribution >= 0.6 is 0 Å². The Morgan fingerprint density at radius 2 is 1.67 bits per heavy atom. The Balaban J connectivity index is 0. The van der Waals surface area contributed by atoms with E-state index in [1.165, 1.54) is 6.92 Å². The summed E-state index contributed by atoms with van der Waals surface area (Å²) in [7, 11) is 0. The van der Waals surface area contributed by atoms with Gasteiger partial charge in [-0.2, -0.15) is 0 Å². The fourth-order valence-electron chi connectivity index (χ4n) is 0.421. The number of carboxylic acids is 1. The highest BCUT2D eigenvalue weighted by molar-refractivity contribution is 6.04. The van der Waals surface area contributed by atoms with E-state index in [0.717, 1.165) is 24.5 Å². The van der Waals surface area contributed by atoms with E-state index in [1.807, 2.05) is 0 Å². The van der Waals surface area contributed by atoms with Crippen LogP contribution in [0, 0.1) is 0 Å². The molecule has 0 saturated carbocycles. The zero-order chi connectivity index (χ0) is 14.6. The van der Waals surface area contributed by atoms with Crippen molar-refractivity contribution < 1.29 is 33.8 Å². The summed E-state index contributed by atoms with van der Waals surface area (Å²) in [5.74, 6) is -2.47. The Morgan fingerprint density at radius 3 is 1.72 bits per heavy atom. The van der Waals surface area contributed by atoms with Crippen molar-refractivity contribution in [2.45, 2.75) is 6.92 Å². The number of cyclic esters (lactones) is 2. The summed E-state index contributed by atoms with van der Waals surface area (Å²) in [5, 5.41) is 7.60. The molecule has 0 amide bonds. The molecule has 1 rings (SSSR count). The van der Waals surface area contributed by atoms with Crippen LogP contribution in [-0.4, -0.2) is 29.0 Å². The molecule has 0 bridgehead atoms. The zero-order valence-electron chi connectivity index (χ0n) is 9.62. The summed E-state index contributed by atoms with van der Waals surface area (Å²) < 4.78 is 8.14. The van der Waals surface area contributed by atoms with E-state index in [0.29, 0.717) is 0 Å². The average molecular weight is 256 g/mol. The second-order valence-corrected chi connectivity index (χ2v) is 2.39. The lowest BCUT2D eigenvalue weighted by Gasteiger charge is -1.83. The molecule has 7 nitrogen and oxygen atoms in total. The van der Waals surface area contributed by atoms with Crippen LogP contribution in [0.1, 0.15) is 6.92 Å². The van der Waals surface area contributed by atoms with Crippen molar-refractivity contribution in [2.75, 3.05) is 0 Å². The van der Waals surface area contributed by atoms with Gasteiger partial charge >= 0.3 is 23.9 Å². The van der Waals surface area contributed by atoms with Crippen molar-refractivity contribution in [3.05, 3.63) is 37.6 Å². The summed E-state index contributed by atoms with van der Waals surface area (Å²) in [5.41, 5.74) is 0. The summed E-state index contributed by atoms with van der Waals surface area (Å²) in [4.78, 5) is 38.8. The third-order valence-electron chi connectivity index (χ3n) is 0.981. The zero-order valence-corrected chi connectivity index (χ0v) is 9.62. The lowest BCUT2D eigenvalue weighted by Crippen LogP contribution is -1.96. The molecule has 1 N–H and O–H groups in total. The molecule has 0 fully saturated rings. The van der Waals surface area contributed by atoms with Crippen LogP contribution in [0.2, 0.25) is 0 Å². The van der Waals surface area contributed by atoms with Crippen LogP contribution in [0.3, 0.4) is 0 Å². The van der Waals surface area contributed by atoms with E-state index in [9.17, 15) is 19.2 Å². The highest BCUT2D eigenvalue weighted by Gasteiger charge is 2.10.